The zero-order chi connectivity index (χ0) is 19.6. The highest BCUT2D eigenvalue weighted by atomic mass is 35.5. The average molecular weight is 388 g/mol. The first-order valence-electron chi connectivity index (χ1n) is 8.03. The fourth-order valence-corrected chi connectivity index (χ4v) is 2.49. The van der Waals surface area contributed by atoms with Gasteiger partial charge in [0.05, 0.1) is 16.9 Å². The van der Waals surface area contributed by atoms with Crippen molar-refractivity contribution in [3.05, 3.63) is 46.6 Å². The van der Waals surface area contributed by atoms with Crippen LogP contribution >= 0.6 is 11.6 Å². The smallest absolute Gasteiger partial charge is 0.302 e. The van der Waals surface area contributed by atoms with Crippen molar-refractivity contribution in [1.82, 2.24) is 19.9 Å². The van der Waals surface area contributed by atoms with Gasteiger partial charge in [-0.1, -0.05) is 23.7 Å². The number of aryl methyl sites for hydroxylation is 2. The van der Waals surface area contributed by atoms with E-state index in [4.69, 9.17) is 16.0 Å². The van der Waals surface area contributed by atoms with Crippen LogP contribution in [0.5, 0.6) is 0 Å². The summed E-state index contributed by atoms with van der Waals surface area (Å²) in [5.74, 6) is 0.851. The number of nitrogens with one attached hydrogen (secondary N) is 2. The number of rotatable bonds is 5. The van der Waals surface area contributed by atoms with Gasteiger partial charge in [-0.15, -0.1) is 0 Å². The van der Waals surface area contributed by atoms with Crippen molar-refractivity contribution >= 4 is 41.1 Å². The molecule has 0 saturated heterocycles. The van der Waals surface area contributed by atoms with Crippen molar-refractivity contribution in [2.24, 2.45) is 0 Å². The molecule has 3 aromatic rings. The third-order valence-corrected chi connectivity index (χ3v) is 3.86. The van der Waals surface area contributed by atoms with Gasteiger partial charge in [-0.25, -0.2) is 4.98 Å². The second-order valence-corrected chi connectivity index (χ2v) is 6.35. The van der Waals surface area contributed by atoms with E-state index in [2.05, 4.69) is 30.6 Å². The molecule has 27 heavy (non-hydrogen) atoms. The summed E-state index contributed by atoms with van der Waals surface area (Å²) in [6.07, 6.45) is 1.31. The van der Waals surface area contributed by atoms with Gasteiger partial charge in [0.15, 0.2) is 0 Å². The Bertz CT molecular complexity index is 967. The Labute approximate surface area is 160 Å². The highest BCUT2D eigenvalue weighted by molar-refractivity contribution is 6.34. The van der Waals surface area contributed by atoms with Crippen molar-refractivity contribution in [3.8, 4) is 0 Å². The van der Waals surface area contributed by atoms with Gasteiger partial charge in [0, 0.05) is 14.1 Å². The molecule has 1 amide bonds. The van der Waals surface area contributed by atoms with Crippen LogP contribution < -0.4 is 15.5 Å². The summed E-state index contributed by atoms with van der Waals surface area (Å²) in [6, 6.07) is 5.44. The van der Waals surface area contributed by atoms with Crippen LogP contribution in [-0.4, -0.2) is 39.9 Å². The van der Waals surface area contributed by atoms with Crippen LogP contribution in [0.3, 0.4) is 0 Å². The van der Waals surface area contributed by atoms with Gasteiger partial charge >= 0.3 is 6.01 Å². The van der Waals surface area contributed by atoms with Crippen molar-refractivity contribution in [2.75, 3.05) is 29.6 Å². The van der Waals surface area contributed by atoms with Crippen LogP contribution in [0.15, 0.2) is 28.8 Å². The number of hydrogen-bond donors (Lipinski definition) is 2. The maximum Gasteiger partial charge on any atom is 0.302 e. The first kappa shape index (κ1) is 18.6. The minimum Gasteiger partial charge on any atom is -0.418 e. The number of carbonyl (C=O) groups excluding carboxylic acids is 1. The van der Waals surface area contributed by atoms with Crippen molar-refractivity contribution in [1.29, 1.82) is 0 Å². The zero-order valence-corrected chi connectivity index (χ0v) is 16.0. The number of nitrogens with zero attached hydrogens (tertiary/aromatic N) is 5. The number of hydrogen-bond acceptors (Lipinski definition) is 8. The van der Waals surface area contributed by atoms with Gasteiger partial charge in [0.25, 0.3) is 5.91 Å². The number of carbonyl (C=O) groups is 1. The summed E-state index contributed by atoms with van der Waals surface area (Å²) in [5.41, 5.74) is 1.37. The highest BCUT2D eigenvalue weighted by Crippen LogP contribution is 2.26. The Morgan fingerprint density at radius 3 is 2.67 bits per heavy atom. The largest absolute Gasteiger partial charge is 0.418 e. The Hall–Kier alpha value is -3.20. The lowest BCUT2D eigenvalue weighted by Crippen LogP contribution is -2.15. The van der Waals surface area contributed by atoms with E-state index in [9.17, 15) is 4.79 Å². The molecule has 2 N–H and O–H groups in total. The van der Waals surface area contributed by atoms with Crippen LogP contribution in [0.4, 0.5) is 23.6 Å². The van der Waals surface area contributed by atoms with E-state index in [1.807, 2.05) is 33.2 Å². The van der Waals surface area contributed by atoms with Crippen LogP contribution in [0.2, 0.25) is 5.02 Å². The summed E-state index contributed by atoms with van der Waals surface area (Å²) in [7, 11) is 3.64. The normalized spacial score (nSPS) is 10.6. The lowest BCUT2D eigenvalue weighted by atomic mass is 10.2. The molecule has 2 aromatic heterocycles. The van der Waals surface area contributed by atoms with E-state index in [-0.39, 0.29) is 17.7 Å². The van der Waals surface area contributed by atoms with Crippen molar-refractivity contribution < 1.29 is 9.21 Å². The molecule has 1 aromatic carbocycles. The van der Waals surface area contributed by atoms with Crippen molar-refractivity contribution in [3.63, 3.8) is 0 Å². The van der Waals surface area contributed by atoms with Crippen LogP contribution in [-0.2, 0) is 0 Å². The van der Waals surface area contributed by atoms with Gasteiger partial charge in [-0.3, -0.25) is 10.1 Å². The van der Waals surface area contributed by atoms with Crippen molar-refractivity contribution in [2.45, 2.75) is 13.8 Å². The topological polar surface area (TPSA) is 109 Å². The monoisotopic (exact) mass is 387 g/mol. The van der Waals surface area contributed by atoms with E-state index in [0.29, 0.717) is 22.5 Å². The Morgan fingerprint density at radius 1 is 1.19 bits per heavy atom. The molecule has 140 valence electrons. The van der Waals surface area contributed by atoms with Gasteiger partial charge in [0.2, 0.25) is 17.7 Å². The second kappa shape index (κ2) is 7.58. The molecule has 0 unspecified atom stereocenters. The van der Waals surface area contributed by atoms with E-state index < -0.39 is 5.91 Å². The predicted molar refractivity (Wildman–Crippen MR) is 103 cm³/mol. The van der Waals surface area contributed by atoms with E-state index >= 15 is 0 Å². The van der Waals surface area contributed by atoms with Crippen LogP contribution in [0.25, 0.3) is 0 Å². The number of aromatic nitrogens is 4. The number of anilines is 4. The number of amides is 1. The molecule has 0 spiro atoms. The maximum absolute atomic E-state index is 12.4. The lowest BCUT2D eigenvalue weighted by Gasteiger charge is -2.11. The fraction of sp³-hybridized carbons (Fsp3) is 0.235. The number of benzene rings is 1. The van der Waals surface area contributed by atoms with E-state index in [1.165, 1.54) is 6.20 Å². The standard InChI is InChI=1S/C17H18ClN7O2/c1-9-6-5-7-11(18)13(9)22-14(26)12-8-19-17(27-12)24-15-20-10(2)21-16(23-15)25(3)4/h5-8H,1-4H3,(H,22,26)(H,19,20,21,23,24). The minimum atomic E-state index is -0.465. The molecule has 0 saturated carbocycles. The quantitative estimate of drug-likeness (QED) is 0.686. The molecular formula is C17H18ClN7O2. The van der Waals surface area contributed by atoms with E-state index in [1.54, 1.807) is 17.9 Å². The molecule has 10 heteroatoms. The molecule has 3 rings (SSSR count). The predicted octanol–water partition coefficient (Wildman–Crippen LogP) is 3.19. The summed E-state index contributed by atoms with van der Waals surface area (Å²) in [6.45, 7) is 3.60. The second-order valence-electron chi connectivity index (χ2n) is 5.94. The molecule has 0 radical (unpaired) electrons. The van der Waals surface area contributed by atoms with Gasteiger partial charge in [0.1, 0.15) is 5.82 Å². The molecule has 0 bridgehead atoms. The van der Waals surface area contributed by atoms with E-state index in [0.717, 1.165) is 5.56 Å². The first-order valence-corrected chi connectivity index (χ1v) is 8.40. The Balaban J connectivity index is 1.76. The summed E-state index contributed by atoms with van der Waals surface area (Å²) >= 11 is 6.13. The number of para-hydroxylation sites is 1. The first-order chi connectivity index (χ1) is 12.8. The molecule has 0 fully saturated rings. The maximum atomic E-state index is 12.4. The molecule has 0 aliphatic carbocycles. The molecule has 2 heterocycles. The SMILES string of the molecule is Cc1nc(Nc2ncc(C(=O)Nc3c(C)cccc3Cl)o2)nc(N(C)C)n1. The molecule has 0 atom stereocenters. The van der Waals surface area contributed by atoms with Gasteiger partial charge < -0.3 is 14.6 Å². The molecule has 0 aliphatic heterocycles. The highest BCUT2D eigenvalue weighted by Gasteiger charge is 2.16. The summed E-state index contributed by atoms with van der Waals surface area (Å²) in [5, 5.41) is 6.00. The van der Waals surface area contributed by atoms with Crippen LogP contribution in [0.1, 0.15) is 21.9 Å². The lowest BCUT2D eigenvalue weighted by molar-refractivity contribution is 0.0997. The van der Waals surface area contributed by atoms with Gasteiger partial charge in [-0.05, 0) is 25.5 Å². The third-order valence-electron chi connectivity index (χ3n) is 3.54. The van der Waals surface area contributed by atoms with Crippen LogP contribution in [0, 0.1) is 13.8 Å². The zero-order valence-electron chi connectivity index (χ0n) is 15.2. The Morgan fingerprint density at radius 2 is 1.96 bits per heavy atom. The van der Waals surface area contributed by atoms with Gasteiger partial charge in [-0.2, -0.15) is 15.0 Å². The molecule has 9 nitrogen and oxygen atoms in total. The summed E-state index contributed by atoms with van der Waals surface area (Å²) < 4.78 is 5.45. The Kier molecular flexibility index (Phi) is 5.22. The average Bonchev–Trinajstić information content (AvgIpc) is 3.06. The number of oxazole rings is 1. The molecule has 0 aliphatic rings. The molecular weight excluding hydrogens is 370 g/mol. The number of halogens is 1. The summed E-state index contributed by atoms with van der Waals surface area (Å²) in [4.78, 5) is 30.8. The third kappa shape index (κ3) is 4.32. The minimum absolute atomic E-state index is 0.0235. The fourth-order valence-electron chi connectivity index (χ4n) is 2.22.